The highest BCUT2D eigenvalue weighted by Crippen LogP contribution is 1.76. The first-order valence-electron chi connectivity index (χ1n) is 2.61. The summed E-state index contributed by atoms with van der Waals surface area (Å²) in [6.45, 7) is 0. The zero-order valence-electron chi connectivity index (χ0n) is 6.91. The van der Waals surface area contributed by atoms with Crippen molar-refractivity contribution >= 4 is 13.3 Å². The van der Waals surface area contributed by atoms with Crippen LogP contribution >= 0.6 is 0 Å². The van der Waals surface area contributed by atoms with Crippen LogP contribution in [0.3, 0.4) is 0 Å². The minimum Gasteiger partial charge on any atom is -0.269 e. The van der Waals surface area contributed by atoms with Crippen LogP contribution in [0.5, 0.6) is 0 Å². The molecular formula is C6H11BF4N2. The molecule has 76 valence electrons. The third-order valence-corrected chi connectivity index (χ3v) is 0.940. The number of halogens is 4. The van der Waals surface area contributed by atoms with Gasteiger partial charge in [-0.2, -0.15) is 0 Å². The predicted molar refractivity (Wildman–Crippen MR) is 48.1 cm³/mol. The molecule has 0 saturated heterocycles. The summed E-state index contributed by atoms with van der Waals surface area (Å²) in [5, 5.41) is 12.0. The van der Waals surface area contributed by atoms with E-state index < -0.39 is 0 Å². The normalized spacial score (nSPS) is 4.77. The Morgan fingerprint density at radius 3 is 1.23 bits per heavy atom. The molecule has 1 rings (SSSR count). The molecule has 0 aliphatic carbocycles. The molecule has 0 fully saturated rings. The van der Waals surface area contributed by atoms with Crippen LogP contribution in [0.1, 0.15) is 0 Å². The Labute approximate surface area is 74.3 Å². The number of rotatable bonds is 0. The highest BCUT2D eigenvalue weighted by atomic mass is 19.0. The Kier molecular flexibility index (Phi) is 51.9. The van der Waals surface area contributed by atoms with Crippen molar-refractivity contribution in [3.05, 3.63) is 30.3 Å². The Morgan fingerprint density at radius 1 is 0.769 bits per heavy atom. The quantitative estimate of drug-likeness (QED) is 0.347. The second kappa shape index (κ2) is 22.4. The van der Waals surface area contributed by atoms with Crippen LogP contribution in [-0.4, -0.2) is 7.85 Å². The van der Waals surface area contributed by atoms with E-state index in [1.54, 1.807) is 0 Å². The fourth-order valence-electron chi connectivity index (χ4n) is 0.534. The minimum atomic E-state index is 0. The molecule has 2 nitrogen and oxygen atoms in total. The smallest absolute Gasteiger partial charge is 0.139 e. The highest BCUT2D eigenvalue weighted by Gasteiger charge is 1.72. The predicted octanol–water partition coefficient (Wildman–Crippen LogP) is 0.585. The molecule has 0 aromatic heterocycles. The lowest BCUT2D eigenvalue weighted by atomic mass is 9.97. The average molecular weight is 198 g/mol. The van der Waals surface area contributed by atoms with Crippen LogP contribution in [0.25, 0.3) is 0 Å². The first kappa shape index (κ1) is 30.1. The summed E-state index contributed by atoms with van der Waals surface area (Å²) in [4.78, 5) is 0. The highest BCUT2D eigenvalue weighted by molar-refractivity contribution is 6.32. The maximum atomic E-state index is 6.00. The first-order chi connectivity index (χ1) is 4.39. The third-order valence-electron chi connectivity index (χ3n) is 0.940. The van der Waals surface area contributed by atoms with Crippen LogP contribution < -0.4 is 5.46 Å². The molecule has 13 heavy (non-hydrogen) atoms. The molecule has 0 radical (unpaired) electrons. The van der Waals surface area contributed by atoms with Crippen LogP contribution in [0.4, 0.5) is 18.8 Å². The van der Waals surface area contributed by atoms with Crippen LogP contribution in [0, 0.1) is 10.8 Å². The van der Waals surface area contributed by atoms with Gasteiger partial charge in [0, 0.05) is 10.8 Å². The molecule has 0 N–H and O–H groups in total. The molecule has 0 atom stereocenters. The largest absolute Gasteiger partial charge is 0.269 e. The second-order valence-corrected chi connectivity index (χ2v) is 1.65. The number of benzene rings is 1. The summed E-state index contributed by atoms with van der Waals surface area (Å²) >= 11 is 0. The van der Waals surface area contributed by atoms with Gasteiger partial charge in [-0.3, -0.25) is 18.8 Å². The first-order valence-corrected chi connectivity index (χ1v) is 2.61. The van der Waals surface area contributed by atoms with E-state index in [-0.39, 0.29) is 18.8 Å². The van der Waals surface area contributed by atoms with Crippen molar-refractivity contribution in [1.29, 1.82) is 10.8 Å². The van der Waals surface area contributed by atoms with E-state index in [0.29, 0.717) is 0 Å². The van der Waals surface area contributed by atoms with Gasteiger partial charge in [-0.25, -0.2) is 0 Å². The molecular weight excluding hydrogens is 187 g/mol. The van der Waals surface area contributed by atoms with Crippen molar-refractivity contribution in [2.24, 2.45) is 0 Å². The Morgan fingerprint density at radius 2 is 1.08 bits per heavy atom. The fraction of sp³-hybridized carbons (Fsp3) is 0. The van der Waals surface area contributed by atoms with Crippen molar-refractivity contribution in [2.75, 3.05) is 0 Å². The van der Waals surface area contributed by atoms with Gasteiger partial charge in [-0.1, -0.05) is 35.8 Å². The standard InChI is InChI=1S/C6H7B.4FH.N2/c7-6-4-2-1-3-5-6;;;;;1-2/h1-5H,7H2;4*1H;. The molecule has 1 aromatic rings. The Hall–Kier alpha value is -1.58. The monoisotopic (exact) mass is 198 g/mol. The molecule has 1 aromatic carbocycles. The van der Waals surface area contributed by atoms with Crippen LogP contribution in [-0.2, 0) is 0 Å². The Bertz CT molecular complexity index is 182. The lowest BCUT2D eigenvalue weighted by Gasteiger charge is -1.82. The van der Waals surface area contributed by atoms with Gasteiger partial charge in [0.2, 0.25) is 0 Å². The Balaban J connectivity index is -0.0000000335. The molecule has 7 heteroatoms. The molecule has 0 amide bonds. The number of hydrogen-bond acceptors (Lipinski definition) is 2. The number of hydrogen-bond donors (Lipinski definition) is 0. The van der Waals surface area contributed by atoms with Gasteiger partial charge in [0.25, 0.3) is 0 Å². The van der Waals surface area contributed by atoms with E-state index in [1.807, 2.05) is 18.2 Å². The van der Waals surface area contributed by atoms with Gasteiger partial charge in [-0.05, 0) is 0 Å². The average Bonchev–Trinajstić information content (AvgIpc) is 1.94. The van der Waals surface area contributed by atoms with Crippen LogP contribution in [0.15, 0.2) is 30.3 Å². The van der Waals surface area contributed by atoms with Gasteiger partial charge in [0.05, 0.1) is 0 Å². The zero-order valence-corrected chi connectivity index (χ0v) is 6.91. The minimum absolute atomic E-state index is 0. The SMILES string of the molecule is Bc1ccccc1.F.F.F.F.N#N. The van der Waals surface area contributed by atoms with Crippen molar-refractivity contribution < 1.29 is 18.8 Å². The summed E-state index contributed by atoms with van der Waals surface area (Å²) in [6, 6.07) is 10.3. The van der Waals surface area contributed by atoms with E-state index in [2.05, 4.69) is 20.0 Å². The summed E-state index contributed by atoms with van der Waals surface area (Å²) in [5.74, 6) is 0. The van der Waals surface area contributed by atoms with E-state index in [4.69, 9.17) is 10.8 Å². The van der Waals surface area contributed by atoms with E-state index >= 15 is 0 Å². The third kappa shape index (κ3) is 17.9. The van der Waals surface area contributed by atoms with Crippen molar-refractivity contribution in [3.63, 3.8) is 0 Å². The molecule has 0 aliphatic rings. The van der Waals surface area contributed by atoms with Crippen LogP contribution in [0.2, 0.25) is 0 Å². The molecule has 0 unspecified atom stereocenters. The lowest BCUT2D eigenvalue weighted by molar-refractivity contribution is 1.11. The van der Waals surface area contributed by atoms with E-state index in [1.165, 1.54) is 5.46 Å². The maximum absolute atomic E-state index is 6.00. The second-order valence-electron chi connectivity index (χ2n) is 1.65. The van der Waals surface area contributed by atoms with Gasteiger partial charge >= 0.3 is 0 Å². The molecule has 0 heterocycles. The fourth-order valence-corrected chi connectivity index (χ4v) is 0.534. The summed E-state index contributed by atoms with van der Waals surface area (Å²) in [7, 11) is 2.08. The van der Waals surface area contributed by atoms with E-state index in [0.717, 1.165) is 0 Å². The number of nitrogens with zero attached hydrogens (tertiary/aromatic N) is 2. The molecule has 0 bridgehead atoms. The summed E-state index contributed by atoms with van der Waals surface area (Å²) in [6.07, 6.45) is 0. The maximum Gasteiger partial charge on any atom is 0.139 e. The van der Waals surface area contributed by atoms with E-state index in [9.17, 15) is 0 Å². The summed E-state index contributed by atoms with van der Waals surface area (Å²) in [5.41, 5.74) is 1.32. The molecule has 0 saturated carbocycles. The van der Waals surface area contributed by atoms with Crippen molar-refractivity contribution in [2.45, 2.75) is 0 Å². The molecule has 0 aliphatic heterocycles. The zero-order chi connectivity index (χ0) is 7.11. The topological polar surface area (TPSA) is 47.6 Å². The molecule has 0 spiro atoms. The summed E-state index contributed by atoms with van der Waals surface area (Å²) < 4.78 is 0. The van der Waals surface area contributed by atoms with Gasteiger partial charge in [-0.15, -0.1) is 0 Å². The van der Waals surface area contributed by atoms with Crippen molar-refractivity contribution in [1.82, 2.24) is 0 Å². The van der Waals surface area contributed by atoms with Gasteiger partial charge in [0.1, 0.15) is 7.85 Å². The van der Waals surface area contributed by atoms with Gasteiger partial charge < -0.3 is 0 Å². The lowest BCUT2D eigenvalue weighted by Crippen LogP contribution is -1.97. The van der Waals surface area contributed by atoms with Gasteiger partial charge in [0.15, 0.2) is 0 Å². The van der Waals surface area contributed by atoms with Crippen molar-refractivity contribution in [3.8, 4) is 0 Å².